The molecule has 4 heterocycles. The number of aryl methyl sites for hydroxylation is 1. The van der Waals surface area contributed by atoms with Gasteiger partial charge in [0.2, 0.25) is 5.69 Å². The Bertz CT molecular complexity index is 1580. The van der Waals surface area contributed by atoms with Crippen molar-refractivity contribution in [3.8, 4) is 11.4 Å². The number of nitrogens with zero attached hydrogens (tertiary/aromatic N) is 3. The summed E-state index contributed by atoms with van der Waals surface area (Å²) in [4.78, 5) is 9.79. The van der Waals surface area contributed by atoms with Gasteiger partial charge in [-0.2, -0.15) is 0 Å². The van der Waals surface area contributed by atoms with Crippen molar-refractivity contribution in [2.75, 3.05) is 0 Å². The maximum atomic E-state index is 16.7. The van der Waals surface area contributed by atoms with E-state index in [1.807, 2.05) is 30.3 Å². The molecule has 32 heavy (non-hydrogen) atoms. The predicted octanol–water partition coefficient (Wildman–Crippen LogP) is 5.80. The van der Waals surface area contributed by atoms with Gasteiger partial charge in [-0.25, -0.2) is 22.4 Å². The lowest BCUT2D eigenvalue weighted by atomic mass is 9.88. The average molecular weight is 463 g/mol. The number of rotatable bonds is 1. The Morgan fingerprint density at radius 3 is 2.59 bits per heavy atom. The predicted molar refractivity (Wildman–Crippen MR) is 129 cm³/mol. The van der Waals surface area contributed by atoms with Gasteiger partial charge in [-0.3, -0.25) is 0 Å². The molecule has 0 bridgehead atoms. The minimum atomic E-state index is -5.11. The third-order valence-corrected chi connectivity index (χ3v) is 9.46. The van der Waals surface area contributed by atoms with Crippen LogP contribution < -0.4 is 9.42 Å². The summed E-state index contributed by atoms with van der Waals surface area (Å²) in [7, 11) is -5.11. The van der Waals surface area contributed by atoms with Gasteiger partial charge in [-0.15, -0.1) is 11.3 Å². The molecule has 3 nitrogen and oxygen atoms in total. The molecule has 0 radical (unpaired) electrons. The summed E-state index contributed by atoms with van der Waals surface area (Å²) in [6.07, 6.45) is 2.24. The van der Waals surface area contributed by atoms with Crippen molar-refractivity contribution in [1.29, 1.82) is 0 Å². The van der Waals surface area contributed by atoms with Crippen LogP contribution >= 0.6 is 11.3 Å². The second-order valence-corrected chi connectivity index (χ2v) is 12.9. The zero-order valence-corrected chi connectivity index (χ0v) is 20.1. The van der Waals surface area contributed by atoms with E-state index in [1.165, 1.54) is 21.9 Å². The van der Waals surface area contributed by atoms with Crippen LogP contribution in [0.15, 0.2) is 48.8 Å². The second kappa shape index (κ2) is 6.39. The zero-order chi connectivity index (χ0) is 22.4. The third kappa shape index (κ3) is 2.70. The van der Waals surface area contributed by atoms with E-state index in [0.717, 1.165) is 37.7 Å². The molecular weight excluding hydrogens is 440 g/mol. The van der Waals surface area contributed by atoms with Gasteiger partial charge in [0.05, 0.1) is 10.6 Å². The molecule has 0 fully saturated rings. The van der Waals surface area contributed by atoms with Gasteiger partial charge in [0.15, 0.2) is 5.69 Å². The van der Waals surface area contributed by atoms with E-state index in [0.29, 0.717) is 22.5 Å². The minimum absolute atomic E-state index is 0.000778. The topological polar surface area (TPSA) is 29.7 Å². The van der Waals surface area contributed by atoms with Crippen LogP contribution in [0.5, 0.6) is 0 Å². The van der Waals surface area contributed by atoms with Crippen LogP contribution in [0.1, 0.15) is 32.0 Å². The number of hydrogen-bond donors (Lipinski definition) is 0. The van der Waals surface area contributed by atoms with Gasteiger partial charge in [0, 0.05) is 28.5 Å². The van der Waals surface area contributed by atoms with Gasteiger partial charge in [0.25, 0.3) is 0 Å². The van der Waals surface area contributed by atoms with Crippen molar-refractivity contribution >= 4 is 56.5 Å². The van der Waals surface area contributed by atoms with Crippen molar-refractivity contribution in [3.63, 3.8) is 0 Å². The first-order valence-electron chi connectivity index (χ1n) is 10.7. The number of aromatic nitrogens is 3. The highest BCUT2D eigenvalue weighted by Gasteiger charge is 2.61. The Labute approximate surface area is 189 Å². The molecule has 0 atom stereocenters. The quantitative estimate of drug-likeness (QED) is 0.233. The fourth-order valence-corrected chi connectivity index (χ4v) is 8.45. The van der Waals surface area contributed by atoms with Crippen LogP contribution in [0.25, 0.3) is 42.5 Å². The summed E-state index contributed by atoms with van der Waals surface area (Å²) in [6, 6.07) is 13.5. The van der Waals surface area contributed by atoms with Crippen molar-refractivity contribution in [2.45, 2.75) is 34.1 Å². The van der Waals surface area contributed by atoms with Crippen molar-refractivity contribution in [3.05, 3.63) is 60.0 Å². The van der Waals surface area contributed by atoms with E-state index >= 15 is 8.22 Å². The molecule has 0 aliphatic carbocycles. The van der Waals surface area contributed by atoms with Crippen LogP contribution in [0.4, 0.5) is 8.22 Å². The Hall–Kier alpha value is -2.77. The molecule has 5 aromatic rings. The molecule has 0 amide bonds. The first-order valence-corrected chi connectivity index (χ1v) is 13.2. The second-order valence-electron chi connectivity index (χ2n) is 9.84. The maximum absolute atomic E-state index is 16.7. The first-order chi connectivity index (χ1) is 15.1. The van der Waals surface area contributed by atoms with Crippen LogP contribution in [0.2, 0.25) is 0 Å². The molecule has 3 aromatic heterocycles. The summed E-state index contributed by atoms with van der Waals surface area (Å²) in [5.74, 6) is 0. The van der Waals surface area contributed by atoms with E-state index in [-0.39, 0.29) is 10.6 Å². The fourth-order valence-electron chi connectivity index (χ4n) is 5.05. The number of benzene rings is 2. The SMILES string of the molecule is Cc1c2ccccc2cc2[n+]1[Si](F)(F)c1cc(CC(C)(C)C)cc3sc4ncnc-2c4c13. The molecule has 7 heteroatoms. The molecule has 0 saturated heterocycles. The lowest BCUT2D eigenvalue weighted by Crippen LogP contribution is -2.68. The summed E-state index contributed by atoms with van der Waals surface area (Å²) in [5.41, 5.74) is 2.63. The maximum Gasteiger partial charge on any atom is 0.804 e. The summed E-state index contributed by atoms with van der Waals surface area (Å²) >= 11 is 1.49. The van der Waals surface area contributed by atoms with Gasteiger partial charge in [-0.1, -0.05) is 39.0 Å². The molecule has 6 rings (SSSR count). The fraction of sp³-hybridized carbons (Fsp3) is 0.240. The molecule has 160 valence electrons. The summed E-state index contributed by atoms with van der Waals surface area (Å²) in [5, 5.41) is 3.37. The first kappa shape index (κ1) is 19.9. The molecule has 1 aliphatic rings. The Morgan fingerprint density at radius 2 is 1.81 bits per heavy atom. The van der Waals surface area contributed by atoms with Gasteiger partial charge in [0.1, 0.15) is 16.9 Å². The van der Waals surface area contributed by atoms with Gasteiger partial charge >= 0.3 is 8.90 Å². The number of halogens is 2. The highest BCUT2D eigenvalue weighted by molar-refractivity contribution is 7.25. The van der Waals surface area contributed by atoms with E-state index in [1.54, 1.807) is 13.0 Å². The molecule has 0 saturated carbocycles. The standard InChI is InChI=1S/C25H22F2N3SSi/c1-14-17-8-6-5-7-16(17)11-18-23-22-21-19(31-24(22)29-13-28-23)9-15(12-25(2,3)4)10-20(21)32(26,27)30(14)18/h5-11,13H,12H2,1-4H3/q+1. The Balaban J connectivity index is 1.82. The molecule has 1 aliphatic heterocycles. The smallest absolute Gasteiger partial charge is 0.229 e. The van der Waals surface area contributed by atoms with Crippen molar-refractivity contribution in [1.82, 2.24) is 9.97 Å². The monoisotopic (exact) mass is 462 g/mol. The number of hydrogen-bond acceptors (Lipinski definition) is 3. The summed E-state index contributed by atoms with van der Waals surface area (Å²) in [6.45, 7) is 8.22. The average Bonchev–Trinajstić information content (AvgIpc) is 3.06. The molecule has 0 unspecified atom stereocenters. The van der Waals surface area contributed by atoms with Gasteiger partial charge < -0.3 is 0 Å². The highest BCUT2D eigenvalue weighted by atomic mass is 32.1. The Kier molecular flexibility index (Phi) is 3.97. The minimum Gasteiger partial charge on any atom is -0.229 e. The number of thiophene rings is 1. The van der Waals surface area contributed by atoms with Crippen LogP contribution in [0, 0.1) is 12.3 Å². The van der Waals surface area contributed by atoms with E-state index < -0.39 is 8.90 Å². The molecular formula is C25H22F2N3SSi+. The lowest BCUT2D eigenvalue weighted by molar-refractivity contribution is -0.556. The molecule has 0 N–H and O–H groups in total. The lowest BCUT2D eigenvalue weighted by Gasteiger charge is -2.19. The Morgan fingerprint density at radius 1 is 1.03 bits per heavy atom. The number of fused-ring (bicyclic) bond motifs is 3. The van der Waals surface area contributed by atoms with Crippen LogP contribution in [-0.2, 0) is 6.42 Å². The van der Waals surface area contributed by atoms with Crippen molar-refractivity contribution < 1.29 is 12.4 Å². The van der Waals surface area contributed by atoms with E-state index in [2.05, 4.69) is 36.8 Å². The number of pyridine rings is 1. The van der Waals surface area contributed by atoms with Gasteiger partial charge in [-0.05, 0) is 41.0 Å². The van der Waals surface area contributed by atoms with Crippen molar-refractivity contribution in [2.24, 2.45) is 5.41 Å². The third-order valence-electron chi connectivity index (χ3n) is 6.23. The van der Waals surface area contributed by atoms with E-state index in [9.17, 15) is 0 Å². The largest absolute Gasteiger partial charge is 0.804 e. The molecule has 2 aromatic carbocycles. The normalized spacial score (nSPS) is 14.9. The zero-order valence-electron chi connectivity index (χ0n) is 18.3. The summed E-state index contributed by atoms with van der Waals surface area (Å²) < 4.78 is 35.5. The van der Waals surface area contributed by atoms with Crippen LogP contribution in [-0.4, -0.2) is 18.9 Å². The van der Waals surface area contributed by atoms with E-state index in [4.69, 9.17) is 0 Å². The molecule has 0 spiro atoms. The van der Waals surface area contributed by atoms with Crippen LogP contribution in [0.3, 0.4) is 0 Å². The highest BCUT2D eigenvalue weighted by Crippen LogP contribution is 2.41.